The summed E-state index contributed by atoms with van der Waals surface area (Å²) in [5.41, 5.74) is 9.93. The second-order valence-electron chi connectivity index (χ2n) is 10.4. The highest BCUT2D eigenvalue weighted by molar-refractivity contribution is 5.64. The molecule has 2 aliphatic carbocycles. The summed E-state index contributed by atoms with van der Waals surface area (Å²) in [5, 5.41) is 14.4. The van der Waals surface area contributed by atoms with Crippen molar-refractivity contribution in [2.45, 2.75) is 75.9 Å². The number of rotatable bonds is 4. The van der Waals surface area contributed by atoms with Gasteiger partial charge in [0.2, 0.25) is 5.88 Å². The van der Waals surface area contributed by atoms with Crippen molar-refractivity contribution in [3.8, 4) is 23.5 Å². The number of aromatic nitrogens is 4. The first-order chi connectivity index (χ1) is 17.5. The molecule has 3 atom stereocenters. The molecule has 0 bridgehead atoms. The fourth-order valence-corrected chi connectivity index (χ4v) is 6.69. The molecule has 9 nitrogen and oxygen atoms in total. The Hall–Kier alpha value is -3.51. The van der Waals surface area contributed by atoms with Crippen molar-refractivity contribution in [3.63, 3.8) is 0 Å². The highest BCUT2D eigenvalue weighted by atomic mass is 16.5. The lowest BCUT2D eigenvalue weighted by atomic mass is 9.61. The minimum atomic E-state index is -0.426. The number of nitriles is 1. The molecule has 0 aromatic carbocycles. The van der Waals surface area contributed by atoms with E-state index in [4.69, 9.17) is 20.0 Å². The summed E-state index contributed by atoms with van der Waals surface area (Å²) in [7, 11) is 2.14. The molecule has 1 saturated heterocycles. The smallest absolute Gasteiger partial charge is 0.217 e. The van der Waals surface area contributed by atoms with E-state index in [0.717, 1.165) is 73.9 Å². The summed E-state index contributed by atoms with van der Waals surface area (Å²) >= 11 is 0. The molecule has 3 aromatic heterocycles. The molecule has 0 saturated carbocycles. The summed E-state index contributed by atoms with van der Waals surface area (Å²) in [5.74, 6) is 2.15. The summed E-state index contributed by atoms with van der Waals surface area (Å²) in [6, 6.07) is 4.50. The van der Waals surface area contributed by atoms with Crippen molar-refractivity contribution in [2.24, 2.45) is 0 Å². The molecule has 2 N–H and O–H groups in total. The molecule has 3 aliphatic rings. The summed E-state index contributed by atoms with van der Waals surface area (Å²) in [6.07, 6.45) is 11.3. The highest BCUT2D eigenvalue weighted by Gasteiger charge is 2.48. The van der Waals surface area contributed by atoms with Gasteiger partial charge in [0.1, 0.15) is 18.0 Å². The predicted molar refractivity (Wildman–Crippen MR) is 133 cm³/mol. The number of nitrogens with zero attached hydrogens (tertiary/aromatic N) is 6. The van der Waals surface area contributed by atoms with Crippen molar-refractivity contribution in [1.82, 2.24) is 25.0 Å². The van der Waals surface area contributed by atoms with Gasteiger partial charge in [0, 0.05) is 30.1 Å². The topological polar surface area (TPSA) is 127 Å². The Kier molecular flexibility index (Phi) is 5.64. The van der Waals surface area contributed by atoms with E-state index in [1.807, 2.05) is 6.20 Å². The van der Waals surface area contributed by atoms with Gasteiger partial charge in [-0.2, -0.15) is 10.2 Å². The summed E-state index contributed by atoms with van der Waals surface area (Å²) in [4.78, 5) is 15.9. The number of pyridine rings is 1. The van der Waals surface area contributed by atoms with Gasteiger partial charge in [-0.15, -0.1) is 0 Å². The average Bonchev–Trinajstić information content (AvgIpc) is 3.52. The molecule has 0 radical (unpaired) electrons. The van der Waals surface area contributed by atoms with Crippen molar-refractivity contribution in [1.29, 1.82) is 5.26 Å². The number of hydrogen-bond acceptors (Lipinski definition) is 9. The summed E-state index contributed by atoms with van der Waals surface area (Å²) in [6.45, 7) is 3.20. The fourth-order valence-electron chi connectivity index (χ4n) is 6.69. The Morgan fingerprint density at radius 1 is 1.25 bits per heavy atom. The first-order valence-corrected chi connectivity index (χ1v) is 12.9. The van der Waals surface area contributed by atoms with Gasteiger partial charge in [0.05, 0.1) is 11.0 Å². The molecular weight excluding hydrogens is 454 g/mol. The second kappa shape index (κ2) is 8.86. The zero-order chi connectivity index (χ0) is 24.9. The number of fused-ring (bicyclic) bond motifs is 4. The van der Waals surface area contributed by atoms with Gasteiger partial charge in [-0.3, -0.25) is 4.90 Å². The SMILES string of the molecule is C[C@H](Oc1ccnc(-c2noc3c2CCC[C@@]32CCCc3cnc(N)c(C#N)c32)n1)[C@@H]1CCCN1C. The molecule has 1 fully saturated rings. The van der Waals surface area contributed by atoms with E-state index in [9.17, 15) is 5.26 Å². The number of nitrogen functional groups attached to an aromatic ring is 1. The van der Waals surface area contributed by atoms with Crippen LogP contribution >= 0.6 is 0 Å². The fraction of sp³-hybridized carbons (Fsp3) is 0.519. The molecule has 1 aliphatic heterocycles. The standard InChI is InChI=1S/C27H31N7O2/c1-16(20-8-5-13-34(20)2)35-21-9-12-30-26(32-21)23-18-7-4-11-27(24(18)36-33-23)10-3-6-17-15-31-25(29)19(14-28)22(17)27/h9,12,15-16,20H,3-8,10-11,13H2,1-2H3,(H2,29,31)/t16-,20-,27+/m0/s1. The van der Waals surface area contributed by atoms with Gasteiger partial charge < -0.3 is 15.0 Å². The van der Waals surface area contributed by atoms with Crippen LogP contribution in [0.2, 0.25) is 0 Å². The second-order valence-corrected chi connectivity index (χ2v) is 10.4. The van der Waals surface area contributed by atoms with E-state index >= 15 is 0 Å². The lowest BCUT2D eigenvalue weighted by molar-refractivity contribution is 0.117. The van der Waals surface area contributed by atoms with Crippen LogP contribution < -0.4 is 10.5 Å². The van der Waals surface area contributed by atoms with Crippen molar-refractivity contribution in [3.05, 3.63) is 46.5 Å². The van der Waals surface area contributed by atoms with Gasteiger partial charge in [0.25, 0.3) is 0 Å². The van der Waals surface area contributed by atoms with Gasteiger partial charge in [-0.25, -0.2) is 9.97 Å². The Bertz CT molecular complexity index is 1340. The Morgan fingerprint density at radius 3 is 2.86 bits per heavy atom. The zero-order valence-corrected chi connectivity index (χ0v) is 20.8. The van der Waals surface area contributed by atoms with Crippen LogP contribution in [0.25, 0.3) is 11.5 Å². The Balaban J connectivity index is 1.38. The maximum absolute atomic E-state index is 9.96. The van der Waals surface area contributed by atoms with Crippen molar-refractivity contribution < 1.29 is 9.26 Å². The molecule has 0 amide bonds. The third-order valence-electron chi connectivity index (χ3n) is 8.35. The van der Waals surface area contributed by atoms with Crippen LogP contribution in [0.5, 0.6) is 5.88 Å². The van der Waals surface area contributed by atoms with Crippen LogP contribution in [0.4, 0.5) is 5.82 Å². The lowest BCUT2D eigenvalue weighted by Gasteiger charge is -2.40. The van der Waals surface area contributed by atoms with E-state index in [1.165, 1.54) is 6.42 Å². The molecule has 9 heteroatoms. The lowest BCUT2D eigenvalue weighted by Crippen LogP contribution is -2.38. The van der Waals surface area contributed by atoms with Crippen LogP contribution in [0.1, 0.15) is 73.5 Å². The minimum Gasteiger partial charge on any atom is -0.473 e. The maximum Gasteiger partial charge on any atom is 0.217 e. The van der Waals surface area contributed by atoms with Gasteiger partial charge in [0.15, 0.2) is 17.3 Å². The Morgan fingerprint density at radius 2 is 2.08 bits per heavy atom. The number of aryl methyl sites for hydroxylation is 1. The molecule has 1 spiro atoms. The van der Waals surface area contributed by atoms with E-state index < -0.39 is 5.41 Å². The third-order valence-corrected chi connectivity index (χ3v) is 8.35. The quantitative estimate of drug-likeness (QED) is 0.587. The predicted octanol–water partition coefficient (Wildman–Crippen LogP) is 3.80. The number of anilines is 1. The van der Waals surface area contributed by atoms with Crippen LogP contribution in [0, 0.1) is 11.3 Å². The molecule has 3 aromatic rings. The van der Waals surface area contributed by atoms with E-state index in [1.54, 1.807) is 12.3 Å². The minimum absolute atomic E-state index is 0.0250. The van der Waals surface area contributed by atoms with E-state index in [0.29, 0.717) is 29.0 Å². The largest absolute Gasteiger partial charge is 0.473 e. The maximum atomic E-state index is 9.96. The average molecular weight is 486 g/mol. The third kappa shape index (κ3) is 3.54. The number of nitrogens with two attached hydrogens (primary N) is 1. The van der Waals surface area contributed by atoms with Crippen molar-refractivity contribution >= 4 is 5.82 Å². The molecule has 4 heterocycles. The first kappa shape index (κ1) is 22.9. The van der Waals surface area contributed by atoms with Gasteiger partial charge in [-0.1, -0.05) is 5.16 Å². The highest BCUT2D eigenvalue weighted by Crippen LogP contribution is 2.52. The molecule has 186 valence electrons. The van der Waals surface area contributed by atoms with Crippen LogP contribution in [0.3, 0.4) is 0 Å². The van der Waals surface area contributed by atoms with Crippen LogP contribution in [-0.2, 0) is 18.3 Å². The first-order valence-electron chi connectivity index (χ1n) is 12.9. The Labute approximate surface area is 210 Å². The summed E-state index contributed by atoms with van der Waals surface area (Å²) < 4.78 is 12.3. The number of hydrogen-bond donors (Lipinski definition) is 1. The number of likely N-dealkylation sites (tertiary alicyclic amines) is 1. The van der Waals surface area contributed by atoms with E-state index in [-0.39, 0.29) is 11.9 Å². The normalized spacial score (nSPS) is 24.2. The zero-order valence-electron chi connectivity index (χ0n) is 20.8. The number of ether oxygens (including phenoxy) is 1. The van der Waals surface area contributed by atoms with Crippen molar-refractivity contribution in [2.75, 3.05) is 19.3 Å². The molecule has 6 rings (SSSR count). The molecule has 0 unspecified atom stereocenters. The van der Waals surface area contributed by atoms with Gasteiger partial charge >= 0.3 is 0 Å². The monoisotopic (exact) mass is 485 g/mol. The van der Waals surface area contributed by atoms with Gasteiger partial charge in [-0.05, 0) is 83.0 Å². The molecular formula is C27H31N7O2. The molecule has 36 heavy (non-hydrogen) atoms. The van der Waals surface area contributed by atoms with Crippen LogP contribution in [-0.4, -0.2) is 50.7 Å². The van der Waals surface area contributed by atoms with Crippen LogP contribution in [0.15, 0.2) is 23.0 Å². The van der Waals surface area contributed by atoms with E-state index in [2.05, 4.69) is 40.1 Å². The number of likely N-dealkylation sites (N-methyl/N-ethyl adjacent to an activating group) is 1.